The van der Waals surface area contributed by atoms with Gasteiger partial charge in [0.05, 0.1) is 0 Å². The number of anilines is 1. The van der Waals surface area contributed by atoms with E-state index in [2.05, 4.69) is 50.8 Å². The highest BCUT2D eigenvalue weighted by molar-refractivity contribution is 6.17. The Labute approximate surface area is 116 Å². The fraction of sp³-hybridized carbons (Fsp3) is 0.625. The maximum Gasteiger partial charge on any atom is 0.0474 e. The van der Waals surface area contributed by atoms with Crippen molar-refractivity contribution in [3.63, 3.8) is 0 Å². The Bertz CT molecular complexity index is 420. The average Bonchev–Trinajstić information content (AvgIpc) is 2.77. The summed E-state index contributed by atoms with van der Waals surface area (Å²) >= 11 is 5.88. The summed E-state index contributed by atoms with van der Waals surface area (Å²) in [4.78, 5) is 2.53. The molecule has 1 aliphatic rings. The van der Waals surface area contributed by atoms with Crippen LogP contribution in [0, 0.1) is 18.3 Å². The summed E-state index contributed by atoms with van der Waals surface area (Å²) in [5.74, 6) is 1.40. The molecule has 0 aliphatic carbocycles. The molecule has 0 radical (unpaired) electrons. The quantitative estimate of drug-likeness (QED) is 0.706. The van der Waals surface area contributed by atoms with Crippen LogP contribution in [0.2, 0.25) is 0 Å². The highest BCUT2D eigenvalue weighted by Gasteiger charge is 2.32. The Hall–Kier alpha value is -0.690. The van der Waals surface area contributed by atoms with Crippen LogP contribution in [0.5, 0.6) is 0 Å². The molecular formula is C16H24ClN. The predicted molar refractivity (Wildman–Crippen MR) is 80.5 cm³/mol. The van der Waals surface area contributed by atoms with E-state index in [-0.39, 0.29) is 0 Å². The molecule has 1 fully saturated rings. The van der Waals surface area contributed by atoms with Crippen molar-refractivity contribution in [1.29, 1.82) is 0 Å². The second kappa shape index (κ2) is 5.13. The zero-order valence-corrected chi connectivity index (χ0v) is 12.7. The number of benzene rings is 1. The van der Waals surface area contributed by atoms with E-state index in [1.807, 2.05) is 0 Å². The molecular weight excluding hydrogens is 242 g/mol. The summed E-state index contributed by atoms with van der Waals surface area (Å²) in [5.41, 5.74) is 4.36. The first-order chi connectivity index (χ1) is 8.41. The minimum Gasteiger partial charge on any atom is -0.371 e. The van der Waals surface area contributed by atoms with Gasteiger partial charge in [-0.15, -0.1) is 11.6 Å². The third-order valence-corrected chi connectivity index (χ3v) is 4.48. The SMILES string of the molecule is Cc1cc(CCl)ccc1N1CCC(C(C)(C)C)C1. The zero-order chi connectivity index (χ0) is 13.3. The normalized spacial score (nSPS) is 20.5. The second-order valence-electron chi connectivity index (χ2n) is 6.55. The van der Waals surface area contributed by atoms with Crippen LogP contribution in [0.25, 0.3) is 0 Å². The lowest BCUT2D eigenvalue weighted by Crippen LogP contribution is -2.26. The van der Waals surface area contributed by atoms with Crippen molar-refractivity contribution >= 4 is 17.3 Å². The lowest BCUT2D eigenvalue weighted by Gasteiger charge is -2.28. The predicted octanol–water partition coefficient (Wildman–Crippen LogP) is 4.61. The van der Waals surface area contributed by atoms with Crippen LogP contribution in [0.4, 0.5) is 5.69 Å². The number of halogens is 1. The van der Waals surface area contributed by atoms with Gasteiger partial charge < -0.3 is 4.90 Å². The molecule has 0 amide bonds. The topological polar surface area (TPSA) is 3.24 Å². The molecule has 0 saturated carbocycles. The Kier molecular flexibility index (Phi) is 3.91. The minimum atomic E-state index is 0.415. The molecule has 1 nitrogen and oxygen atoms in total. The van der Waals surface area contributed by atoms with Gasteiger partial charge in [-0.3, -0.25) is 0 Å². The van der Waals surface area contributed by atoms with Gasteiger partial charge in [-0.05, 0) is 41.9 Å². The van der Waals surface area contributed by atoms with Crippen molar-refractivity contribution in [3.05, 3.63) is 29.3 Å². The molecule has 1 aromatic carbocycles. The van der Waals surface area contributed by atoms with Crippen LogP contribution in [-0.2, 0) is 5.88 Å². The molecule has 1 saturated heterocycles. The first-order valence-electron chi connectivity index (χ1n) is 6.82. The molecule has 0 spiro atoms. The molecule has 1 aliphatic heterocycles. The summed E-state index contributed by atoms with van der Waals surface area (Å²) < 4.78 is 0. The largest absolute Gasteiger partial charge is 0.371 e. The first-order valence-corrected chi connectivity index (χ1v) is 7.35. The fourth-order valence-electron chi connectivity index (χ4n) is 2.84. The van der Waals surface area contributed by atoms with Gasteiger partial charge in [-0.2, -0.15) is 0 Å². The molecule has 2 heteroatoms. The summed E-state index contributed by atoms with van der Waals surface area (Å²) in [7, 11) is 0. The van der Waals surface area contributed by atoms with E-state index in [1.165, 1.54) is 36.3 Å². The van der Waals surface area contributed by atoms with Crippen molar-refractivity contribution in [2.45, 2.75) is 40.0 Å². The van der Waals surface area contributed by atoms with E-state index in [1.54, 1.807) is 0 Å². The summed E-state index contributed by atoms with van der Waals surface area (Å²) in [6.07, 6.45) is 1.31. The first kappa shape index (κ1) is 13.7. The average molecular weight is 266 g/mol. The minimum absolute atomic E-state index is 0.415. The number of hydrogen-bond acceptors (Lipinski definition) is 1. The zero-order valence-electron chi connectivity index (χ0n) is 12.0. The molecule has 18 heavy (non-hydrogen) atoms. The molecule has 0 aromatic heterocycles. The highest BCUT2D eigenvalue weighted by atomic mass is 35.5. The van der Waals surface area contributed by atoms with Gasteiger partial charge >= 0.3 is 0 Å². The van der Waals surface area contributed by atoms with E-state index >= 15 is 0 Å². The van der Waals surface area contributed by atoms with Gasteiger partial charge in [0.25, 0.3) is 0 Å². The van der Waals surface area contributed by atoms with Crippen LogP contribution in [0.15, 0.2) is 18.2 Å². The Balaban J connectivity index is 2.14. The van der Waals surface area contributed by atoms with Crippen molar-refractivity contribution in [3.8, 4) is 0 Å². The Morgan fingerprint density at radius 2 is 2.06 bits per heavy atom. The number of aryl methyl sites for hydroxylation is 1. The lowest BCUT2D eigenvalue weighted by molar-refractivity contribution is 0.263. The molecule has 0 bridgehead atoms. The van der Waals surface area contributed by atoms with Crippen LogP contribution in [-0.4, -0.2) is 13.1 Å². The molecule has 2 rings (SSSR count). The third kappa shape index (κ3) is 2.83. The third-order valence-electron chi connectivity index (χ3n) is 4.17. The van der Waals surface area contributed by atoms with Crippen LogP contribution < -0.4 is 4.90 Å². The molecule has 1 aromatic rings. The number of rotatable bonds is 2. The molecule has 1 heterocycles. The number of alkyl halides is 1. The van der Waals surface area contributed by atoms with Crippen molar-refractivity contribution in [2.75, 3.05) is 18.0 Å². The second-order valence-corrected chi connectivity index (χ2v) is 6.82. The highest BCUT2D eigenvalue weighted by Crippen LogP contribution is 2.36. The van der Waals surface area contributed by atoms with Gasteiger partial charge in [0.1, 0.15) is 0 Å². The summed E-state index contributed by atoms with van der Waals surface area (Å²) in [6, 6.07) is 6.60. The number of hydrogen-bond donors (Lipinski definition) is 0. The van der Waals surface area contributed by atoms with E-state index in [0.29, 0.717) is 11.3 Å². The van der Waals surface area contributed by atoms with Gasteiger partial charge in [0.15, 0.2) is 0 Å². The van der Waals surface area contributed by atoms with E-state index in [4.69, 9.17) is 11.6 Å². The lowest BCUT2D eigenvalue weighted by atomic mass is 9.80. The summed E-state index contributed by atoms with van der Waals surface area (Å²) in [6.45, 7) is 11.6. The smallest absolute Gasteiger partial charge is 0.0474 e. The van der Waals surface area contributed by atoms with Gasteiger partial charge in [0, 0.05) is 24.7 Å². The van der Waals surface area contributed by atoms with Crippen LogP contribution in [0.1, 0.15) is 38.3 Å². The van der Waals surface area contributed by atoms with E-state index < -0.39 is 0 Å². The van der Waals surface area contributed by atoms with E-state index in [9.17, 15) is 0 Å². The maximum absolute atomic E-state index is 5.88. The van der Waals surface area contributed by atoms with Gasteiger partial charge in [0.2, 0.25) is 0 Å². The van der Waals surface area contributed by atoms with Crippen LogP contribution in [0.3, 0.4) is 0 Å². The summed E-state index contributed by atoms with van der Waals surface area (Å²) in [5, 5.41) is 0. The Morgan fingerprint density at radius 1 is 1.33 bits per heavy atom. The van der Waals surface area contributed by atoms with Crippen molar-refractivity contribution < 1.29 is 0 Å². The fourth-order valence-corrected chi connectivity index (χ4v) is 3.01. The van der Waals surface area contributed by atoms with E-state index in [0.717, 1.165) is 5.92 Å². The molecule has 1 unspecified atom stereocenters. The Morgan fingerprint density at radius 3 is 2.56 bits per heavy atom. The monoisotopic (exact) mass is 265 g/mol. The van der Waals surface area contributed by atoms with Crippen molar-refractivity contribution in [2.24, 2.45) is 11.3 Å². The van der Waals surface area contributed by atoms with Crippen molar-refractivity contribution in [1.82, 2.24) is 0 Å². The molecule has 1 atom stereocenters. The standard InChI is InChI=1S/C16H24ClN/c1-12-9-13(10-17)5-6-15(12)18-8-7-14(11-18)16(2,3)4/h5-6,9,14H,7-8,10-11H2,1-4H3. The van der Waals surface area contributed by atoms with Crippen LogP contribution >= 0.6 is 11.6 Å². The molecule has 100 valence electrons. The van der Waals surface area contributed by atoms with Gasteiger partial charge in [-0.1, -0.05) is 32.9 Å². The maximum atomic E-state index is 5.88. The molecule has 0 N–H and O–H groups in total. The van der Waals surface area contributed by atoms with Gasteiger partial charge in [-0.25, -0.2) is 0 Å². The number of nitrogens with zero attached hydrogens (tertiary/aromatic N) is 1.